The fourth-order valence-electron chi connectivity index (χ4n) is 1.40. The molecule has 2 N–H and O–H groups in total. The van der Waals surface area contributed by atoms with E-state index in [0.29, 0.717) is 16.7 Å². The van der Waals surface area contributed by atoms with Gasteiger partial charge in [0.05, 0.1) is 0 Å². The normalized spacial score (nSPS) is 27.1. The molecule has 1 fully saturated rings. The number of rotatable bonds is 2. The van der Waals surface area contributed by atoms with Gasteiger partial charge in [0.25, 0.3) is 0 Å². The topological polar surface area (TPSA) is 39.2 Å². The molecule has 2 nitrogen and oxygen atoms in total. The molecule has 0 aromatic carbocycles. The molecule has 1 aliphatic carbocycles. The van der Waals surface area contributed by atoms with Gasteiger partial charge in [-0.2, -0.15) is 0 Å². The van der Waals surface area contributed by atoms with Gasteiger partial charge < -0.3 is 10.2 Å². The van der Waals surface area contributed by atoms with Crippen LogP contribution in [-0.4, -0.2) is 4.99 Å². The molecule has 0 aliphatic heterocycles. The maximum atomic E-state index is 5.47. The maximum absolute atomic E-state index is 5.47. The third kappa shape index (κ3) is 1.25. The van der Waals surface area contributed by atoms with E-state index < -0.39 is 0 Å². The Morgan fingerprint density at radius 1 is 1.67 bits per heavy atom. The third-order valence-electron chi connectivity index (χ3n) is 2.34. The molecule has 1 saturated carbocycles. The van der Waals surface area contributed by atoms with Gasteiger partial charge >= 0.3 is 0 Å². The van der Waals surface area contributed by atoms with Gasteiger partial charge in [0.15, 0.2) is 5.76 Å². The van der Waals surface area contributed by atoms with Crippen molar-refractivity contribution in [3.8, 4) is 0 Å². The molecule has 1 heterocycles. The number of nitrogens with two attached hydrogens (primary N) is 1. The van der Waals surface area contributed by atoms with Crippen molar-refractivity contribution in [1.82, 2.24) is 0 Å². The van der Waals surface area contributed by atoms with Crippen molar-refractivity contribution in [3.05, 3.63) is 23.7 Å². The second-order valence-corrected chi connectivity index (χ2v) is 3.83. The zero-order valence-corrected chi connectivity index (χ0v) is 7.73. The van der Waals surface area contributed by atoms with E-state index in [1.807, 2.05) is 12.1 Å². The van der Waals surface area contributed by atoms with Gasteiger partial charge in [-0.1, -0.05) is 19.1 Å². The lowest BCUT2D eigenvalue weighted by Crippen LogP contribution is -2.07. The second kappa shape index (κ2) is 2.59. The van der Waals surface area contributed by atoms with Crippen molar-refractivity contribution < 1.29 is 4.42 Å². The molecule has 1 aromatic heterocycles. The lowest BCUT2D eigenvalue weighted by atomic mass is 10.3. The van der Waals surface area contributed by atoms with E-state index in [-0.39, 0.29) is 0 Å². The van der Waals surface area contributed by atoms with Gasteiger partial charge in [-0.3, -0.25) is 0 Å². The van der Waals surface area contributed by atoms with Gasteiger partial charge in [-0.25, -0.2) is 0 Å². The maximum Gasteiger partial charge on any atom is 0.161 e. The van der Waals surface area contributed by atoms with E-state index in [1.165, 1.54) is 6.42 Å². The zero-order valence-electron chi connectivity index (χ0n) is 6.91. The van der Waals surface area contributed by atoms with Crippen molar-refractivity contribution in [2.24, 2.45) is 11.7 Å². The van der Waals surface area contributed by atoms with E-state index in [1.54, 1.807) is 0 Å². The van der Waals surface area contributed by atoms with Crippen molar-refractivity contribution in [3.63, 3.8) is 0 Å². The van der Waals surface area contributed by atoms with Crippen molar-refractivity contribution >= 4 is 17.2 Å². The minimum atomic E-state index is 0.342. The predicted molar refractivity (Wildman–Crippen MR) is 51.1 cm³/mol. The summed E-state index contributed by atoms with van der Waals surface area (Å²) in [6, 6.07) is 3.82. The van der Waals surface area contributed by atoms with Crippen LogP contribution in [0.15, 0.2) is 16.5 Å². The van der Waals surface area contributed by atoms with E-state index in [0.717, 1.165) is 11.7 Å². The molecule has 3 heteroatoms. The molecule has 1 aromatic rings. The Kier molecular flexibility index (Phi) is 1.68. The number of hydrogen-bond donors (Lipinski definition) is 1. The van der Waals surface area contributed by atoms with E-state index in [9.17, 15) is 0 Å². The van der Waals surface area contributed by atoms with Gasteiger partial charge in [-0.15, -0.1) is 0 Å². The quantitative estimate of drug-likeness (QED) is 0.710. The van der Waals surface area contributed by atoms with E-state index in [4.69, 9.17) is 22.4 Å². The largest absolute Gasteiger partial charge is 0.458 e. The molecule has 64 valence electrons. The Morgan fingerprint density at radius 3 is 2.75 bits per heavy atom. The van der Waals surface area contributed by atoms with Crippen LogP contribution in [-0.2, 0) is 0 Å². The SMILES string of the molecule is CC1CC1c1ccc(C(N)=S)o1. The molecule has 2 unspecified atom stereocenters. The van der Waals surface area contributed by atoms with E-state index in [2.05, 4.69) is 6.92 Å². The highest BCUT2D eigenvalue weighted by Crippen LogP contribution is 2.47. The summed E-state index contributed by atoms with van der Waals surface area (Å²) in [6.45, 7) is 2.22. The van der Waals surface area contributed by atoms with Crippen LogP contribution in [0.5, 0.6) is 0 Å². The Bertz CT molecular complexity index is 318. The van der Waals surface area contributed by atoms with Gasteiger partial charge in [0.2, 0.25) is 0 Å². The first-order chi connectivity index (χ1) is 5.68. The lowest BCUT2D eigenvalue weighted by Gasteiger charge is -1.91. The molecular weight excluding hydrogens is 170 g/mol. The molecule has 0 bridgehead atoms. The summed E-state index contributed by atoms with van der Waals surface area (Å²) in [4.78, 5) is 0.342. The molecule has 0 amide bonds. The smallest absolute Gasteiger partial charge is 0.161 e. The average Bonchev–Trinajstić information content (AvgIpc) is 2.59. The van der Waals surface area contributed by atoms with Gasteiger partial charge in [-0.05, 0) is 24.5 Å². The molecule has 0 radical (unpaired) electrons. The van der Waals surface area contributed by atoms with Crippen molar-refractivity contribution in [2.45, 2.75) is 19.3 Å². The molecule has 2 rings (SSSR count). The molecule has 1 aliphatic rings. The van der Waals surface area contributed by atoms with Crippen molar-refractivity contribution in [2.75, 3.05) is 0 Å². The highest BCUT2D eigenvalue weighted by atomic mass is 32.1. The Labute approximate surface area is 76.7 Å². The van der Waals surface area contributed by atoms with E-state index >= 15 is 0 Å². The van der Waals surface area contributed by atoms with Gasteiger partial charge in [0, 0.05) is 5.92 Å². The second-order valence-electron chi connectivity index (χ2n) is 3.39. The fraction of sp³-hybridized carbons (Fsp3) is 0.444. The average molecular weight is 181 g/mol. The summed E-state index contributed by atoms with van der Waals surface area (Å²) in [7, 11) is 0. The fourth-order valence-corrected chi connectivity index (χ4v) is 1.51. The molecule has 12 heavy (non-hydrogen) atoms. The first-order valence-corrected chi connectivity index (χ1v) is 4.49. The number of furan rings is 1. The monoisotopic (exact) mass is 181 g/mol. The van der Waals surface area contributed by atoms with Crippen LogP contribution in [0.25, 0.3) is 0 Å². The Balaban J connectivity index is 2.19. The predicted octanol–water partition coefficient (Wildman–Crippen LogP) is 2.04. The van der Waals surface area contributed by atoms with Crippen LogP contribution in [0, 0.1) is 5.92 Å². The summed E-state index contributed by atoms with van der Waals surface area (Å²) >= 11 is 4.80. The minimum absolute atomic E-state index is 0.342. The standard InChI is InChI=1S/C9H11NOS/c1-5-4-6(5)7-2-3-8(11-7)9(10)12/h2-3,5-6H,4H2,1H3,(H2,10,12). The summed E-state index contributed by atoms with van der Waals surface area (Å²) < 4.78 is 5.47. The third-order valence-corrected chi connectivity index (χ3v) is 2.55. The number of hydrogen-bond acceptors (Lipinski definition) is 2. The summed E-state index contributed by atoms with van der Waals surface area (Å²) in [5.74, 6) is 3.04. The molecule has 0 spiro atoms. The molecule has 2 atom stereocenters. The summed E-state index contributed by atoms with van der Waals surface area (Å²) in [6.07, 6.45) is 1.23. The highest BCUT2D eigenvalue weighted by Gasteiger charge is 2.36. The summed E-state index contributed by atoms with van der Waals surface area (Å²) in [5, 5.41) is 0. The minimum Gasteiger partial charge on any atom is -0.458 e. The molecule has 0 saturated heterocycles. The van der Waals surface area contributed by atoms with Crippen LogP contribution < -0.4 is 5.73 Å². The Morgan fingerprint density at radius 2 is 2.33 bits per heavy atom. The summed E-state index contributed by atoms with van der Waals surface area (Å²) in [5.41, 5.74) is 5.42. The number of thiocarbonyl (C=S) groups is 1. The van der Waals surface area contributed by atoms with Crippen LogP contribution in [0.3, 0.4) is 0 Å². The Hall–Kier alpha value is -0.830. The molecular formula is C9H11NOS. The first-order valence-electron chi connectivity index (χ1n) is 4.08. The first kappa shape index (κ1) is 7.80. The lowest BCUT2D eigenvalue weighted by molar-refractivity contribution is 0.499. The van der Waals surface area contributed by atoms with Crippen LogP contribution >= 0.6 is 12.2 Å². The van der Waals surface area contributed by atoms with Gasteiger partial charge in [0.1, 0.15) is 10.7 Å². The zero-order chi connectivity index (χ0) is 8.72. The van der Waals surface area contributed by atoms with Crippen LogP contribution in [0.1, 0.15) is 30.8 Å². The van der Waals surface area contributed by atoms with Crippen LogP contribution in [0.4, 0.5) is 0 Å². The van der Waals surface area contributed by atoms with Crippen LogP contribution in [0.2, 0.25) is 0 Å². The highest BCUT2D eigenvalue weighted by molar-refractivity contribution is 7.80. The van der Waals surface area contributed by atoms with Crippen molar-refractivity contribution in [1.29, 1.82) is 0 Å².